The first kappa shape index (κ1) is 30.5. The number of nitrogens with zero attached hydrogens (tertiary/aromatic N) is 2. The third-order valence-electron chi connectivity index (χ3n) is 6.70. The van der Waals surface area contributed by atoms with E-state index in [1.165, 1.54) is 28.6 Å². The summed E-state index contributed by atoms with van der Waals surface area (Å²) in [7, 11) is -4.00. The predicted octanol–water partition coefficient (Wildman–Crippen LogP) is 3.30. The molecule has 212 valence electrons. The Hall–Kier alpha value is -3.06. The zero-order chi connectivity index (χ0) is 28.6. The highest BCUT2D eigenvalue weighted by atomic mass is 32.2. The van der Waals surface area contributed by atoms with Crippen LogP contribution in [0.15, 0.2) is 58.9 Å². The van der Waals surface area contributed by atoms with E-state index in [4.69, 9.17) is 10.5 Å². The second kappa shape index (κ2) is 13.8. The maximum atomic E-state index is 13.9. The number of aromatic nitrogens is 1. The van der Waals surface area contributed by atoms with Crippen LogP contribution in [-0.4, -0.2) is 66.2 Å². The lowest BCUT2D eigenvalue weighted by Crippen LogP contribution is -2.52. The van der Waals surface area contributed by atoms with E-state index in [0.29, 0.717) is 5.52 Å². The molecular weight excluding hydrogens is 540 g/mol. The highest BCUT2D eigenvalue weighted by Gasteiger charge is 2.33. The maximum Gasteiger partial charge on any atom is 0.408 e. The van der Waals surface area contributed by atoms with Gasteiger partial charge in [0.25, 0.3) is 5.91 Å². The second-order valence-corrected chi connectivity index (χ2v) is 12.3. The number of primary amides is 1. The summed E-state index contributed by atoms with van der Waals surface area (Å²) in [4.78, 5) is 28.2. The Balaban J connectivity index is 1.90. The van der Waals surface area contributed by atoms with E-state index in [0.717, 1.165) is 23.1 Å². The number of rotatable bonds is 14. The molecule has 0 saturated heterocycles. The van der Waals surface area contributed by atoms with E-state index < -0.39 is 40.3 Å². The smallest absolute Gasteiger partial charge is 0.408 e. The SMILES string of the molecule is CCC(CC)CN(C[C@@H](O)C(Cc1ccccc1)NC(=O)O[C@@H](C)C(N)=O)S(=O)(=O)c1ccc2ncsc2c1. The number of amides is 2. The molecule has 0 spiro atoms. The number of ether oxygens (including phenoxy) is 1. The Labute approximate surface area is 233 Å². The Bertz CT molecular complexity index is 1340. The first-order chi connectivity index (χ1) is 18.5. The van der Waals surface area contributed by atoms with Gasteiger partial charge in [-0.05, 0) is 43.0 Å². The Morgan fingerprint density at radius 3 is 2.46 bits per heavy atom. The van der Waals surface area contributed by atoms with Gasteiger partial charge in [-0.15, -0.1) is 11.3 Å². The first-order valence-electron chi connectivity index (χ1n) is 12.9. The van der Waals surface area contributed by atoms with E-state index in [9.17, 15) is 23.1 Å². The molecule has 3 atom stereocenters. The molecular formula is C27H36N4O6S2. The summed E-state index contributed by atoms with van der Waals surface area (Å²) in [6.07, 6.45) is -1.68. The van der Waals surface area contributed by atoms with E-state index in [-0.39, 0.29) is 30.3 Å². The van der Waals surface area contributed by atoms with E-state index >= 15 is 0 Å². The summed E-state index contributed by atoms with van der Waals surface area (Å²) in [6, 6.07) is 13.0. The molecule has 0 bridgehead atoms. The van der Waals surface area contributed by atoms with Crippen LogP contribution in [-0.2, 0) is 26.0 Å². The molecule has 1 heterocycles. The van der Waals surface area contributed by atoms with Gasteiger partial charge in [-0.1, -0.05) is 57.0 Å². The molecule has 0 saturated carbocycles. The zero-order valence-electron chi connectivity index (χ0n) is 22.3. The number of nitrogens with one attached hydrogen (secondary N) is 1. The average Bonchev–Trinajstić information content (AvgIpc) is 3.39. The number of fused-ring (bicyclic) bond motifs is 1. The van der Waals surface area contributed by atoms with Crippen LogP contribution < -0.4 is 11.1 Å². The monoisotopic (exact) mass is 576 g/mol. The van der Waals surface area contributed by atoms with Gasteiger partial charge in [-0.2, -0.15) is 4.31 Å². The third kappa shape index (κ3) is 8.21. The number of thiazole rings is 1. The molecule has 2 aromatic carbocycles. The number of alkyl carbamates (subject to hydrolysis) is 1. The molecule has 4 N–H and O–H groups in total. The largest absolute Gasteiger partial charge is 0.436 e. The van der Waals surface area contributed by atoms with Crippen molar-refractivity contribution in [3.63, 3.8) is 0 Å². The van der Waals surface area contributed by atoms with Crippen LogP contribution in [0.2, 0.25) is 0 Å². The van der Waals surface area contributed by atoms with Gasteiger partial charge in [-0.3, -0.25) is 4.79 Å². The van der Waals surface area contributed by atoms with Gasteiger partial charge in [0.15, 0.2) is 6.10 Å². The number of carbonyl (C=O) groups is 2. The normalized spacial score (nSPS) is 14.3. The van der Waals surface area contributed by atoms with E-state index in [2.05, 4.69) is 10.3 Å². The minimum atomic E-state index is -4.00. The average molecular weight is 577 g/mol. The quantitative estimate of drug-likeness (QED) is 0.266. The Kier molecular flexibility index (Phi) is 10.8. The summed E-state index contributed by atoms with van der Waals surface area (Å²) in [5.41, 5.74) is 8.38. The molecule has 0 aliphatic carbocycles. The fourth-order valence-electron chi connectivity index (χ4n) is 4.14. The van der Waals surface area contributed by atoms with Crippen molar-refractivity contribution >= 4 is 43.6 Å². The van der Waals surface area contributed by atoms with Crippen LogP contribution in [0.3, 0.4) is 0 Å². The topological polar surface area (TPSA) is 152 Å². The highest BCUT2D eigenvalue weighted by molar-refractivity contribution is 7.89. The number of hydrogen-bond acceptors (Lipinski definition) is 8. The van der Waals surface area contributed by atoms with Crippen LogP contribution >= 0.6 is 11.3 Å². The number of hydrogen-bond donors (Lipinski definition) is 3. The molecule has 0 aliphatic rings. The molecule has 1 aromatic heterocycles. The highest BCUT2D eigenvalue weighted by Crippen LogP contribution is 2.26. The molecule has 2 amide bonds. The van der Waals surface area contributed by atoms with Crippen molar-refractivity contribution in [2.24, 2.45) is 11.7 Å². The summed E-state index contributed by atoms with van der Waals surface area (Å²) in [5, 5.41) is 14.0. The fraction of sp³-hybridized carbons (Fsp3) is 0.444. The van der Waals surface area contributed by atoms with Crippen molar-refractivity contribution in [3.05, 3.63) is 59.6 Å². The standard InChI is InChI=1S/C27H36N4O6S2/c1-4-19(5-2)15-31(39(35,36)21-11-12-22-25(14-21)38-17-29-22)16-24(32)23(13-20-9-7-6-8-10-20)30-27(34)37-18(3)26(28)33/h6-12,14,17-19,23-24,32H,4-5,13,15-16H2,1-3H3,(H2,28,33)(H,30,34)/t18-,23?,24+/m0/s1. The third-order valence-corrected chi connectivity index (χ3v) is 9.32. The van der Waals surface area contributed by atoms with Crippen LogP contribution in [0, 0.1) is 5.92 Å². The Morgan fingerprint density at radius 1 is 1.13 bits per heavy atom. The summed E-state index contributed by atoms with van der Waals surface area (Å²) in [5.74, 6) is -0.744. The van der Waals surface area contributed by atoms with Gasteiger partial charge >= 0.3 is 6.09 Å². The van der Waals surface area contributed by atoms with Crippen molar-refractivity contribution in [1.82, 2.24) is 14.6 Å². The number of aliphatic hydroxyl groups excluding tert-OH is 1. The maximum absolute atomic E-state index is 13.9. The van der Waals surface area contributed by atoms with Crippen molar-refractivity contribution in [3.8, 4) is 0 Å². The van der Waals surface area contributed by atoms with E-state index in [1.54, 1.807) is 17.6 Å². The minimum Gasteiger partial charge on any atom is -0.436 e. The van der Waals surface area contributed by atoms with Crippen LogP contribution in [0.25, 0.3) is 10.2 Å². The fourth-order valence-corrected chi connectivity index (χ4v) is 6.49. The molecule has 39 heavy (non-hydrogen) atoms. The molecule has 12 heteroatoms. The Morgan fingerprint density at radius 2 is 1.82 bits per heavy atom. The predicted molar refractivity (Wildman–Crippen MR) is 151 cm³/mol. The minimum absolute atomic E-state index is 0.0704. The lowest BCUT2D eigenvalue weighted by Gasteiger charge is -2.31. The zero-order valence-corrected chi connectivity index (χ0v) is 24.0. The molecule has 0 fully saturated rings. The van der Waals surface area contributed by atoms with Crippen LogP contribution in [0.5, 0.6) is 0 Å². The lowest BCUT2D eigenvalue weighted by molar-refractivity contribution is -0.125. The van der Waals surface area contributed by atoms with Gasteiger partial charge < -0.3 is 20.9 Å². The number of nitrogens with two attached hydrogens (primary N) is 1. The van der Waals surface area contributed by atoms with Gasteiger partial charge in [0, 0.05) is 13.1 Å². The number of aliphatic hydroxyl groups is 1. The van der Waals surface area contributed by atoms with Gasteiger partial charge in [0.05, 0.1) is 32.8 Å². The number of benzene rings is 2. The lowest BCUT2D eigenvalue weighted by atomic mass is 10.0. The first-order valence-corrected chi connectivity index (χ1v) is 15.2. The van der Waals surface area contributed by atoms with Crippen LogP contribution in [0.4, 0.5) is 4.79 Å². The van der Waals surface area contributed by atoms with Gasteiger partial charge in [0.2, 0.25) is 10.0 Å². The van der Waals surface area contributed by atoms with Gasteiger partial charge in [0.1, 0.15) is 0 Å². The number of sulfonamides is 1. The summed E-state index contributed by atoms with van der Waals surface area (Å²) in [6.45, 7) is 5.27. The van der Waals surface area contributed by atoms with E-state index in [1.807, 2.05) is 44.2 Å². The van der Waals surface area contributed by atoms with Crippen molar-refractivity contribution in [1.29, 1.82) is 0 Å². The molecule has 3 aromatic rings. The molecule has 0 radical (unpaired) electrons. The molecule has 0 aliphatic heterocycles. The molecule has 10 nitrogen and oxygen atoms in total. The van der Waals surface area contributed by atoms with Crippen molar-refractivity contribution < 1.29 is 27.9 Å². The van der Waals surface area contributed by atoms with Gasteiger partial charge in [-0.25, -0.2) is 18.2 Å². The van der Waals surface area contributed by atoms with Crippen molar-refractivity contribution in [2.45, 2.75) is 63.2 Å². The summed E-state index contributed by atoms with van der Waals surface area (Å²) >= 11 is 1.35. The van der Waals surface area contributed by atoms with Crippen LogP contribution in [0.1, 0.15) is 39.2 Å². The second-order valence-electron chi connectivity index (χ2n) is 9.44. The molecule has 1 unspecified atom stereocenters. The molecule has 3 rings (SSSR count). The van der Waals surface area contributed by atoms with Crippen molar-refractivity contribution in [2.75, 3.05) is 13.1 Å². The number of carbonyl (C=O) groups excluding carboxylic acids is 2. The summed E-state index contributed by atoms with van der Waals surface area (Å²) < 4.78 is 34.8.